The first-order valence-electron chi connectivity index (χ1n) is 10.3. The lowest BCUT2D eigenvalue weighted by molar-refractivity contribution is -0.137. The third-order valence-corrected chi connectivity index (χ3v) is 5.33. The van der Waals surface area contributed by atoms with Crippen molar-refractivity contribution in [3.63, 3.8) is 0 Å². The average Bonchev–Trinajstić information content (AvgIpc) is 2.91. The van der Waals surface area contributed by atoms with Gasteiger partial charge < -0.3 is 10.3 Å². The quantitative estimate of drug-likeness (QED) is 0.482. The monoisotopic (exact) mass is 408 g/mol. The molecule has 0 aliphatic carbocycles. The second-order valence-electron chi connectivity index (χ2n) is 8.01. The Bertz CT molecular complexity index is 833. The Labute approximate surface area is 171 Å². The zero-order chi connectivity index (χ0) is 21.8. The predicted molar refractivity (Wildman–Crippen MR) is 111 cm³/mol. The van der Waals surface area contributed by atoms with Crippen molar-refractivity contribution >= 4 is 5.91 Å². The predicted octanol–water partition coefficient (Wildman–Crippen LogP) is 6.36. The molecule has 29 heavy (non-hydrogen) atoms. The Morgan fingerprint density at radius 3 is 2.24 bits per heavy atom. The van der Waals surface area contributed by atoms with E-state index in [0.29, 0.717) is 22.6 Å². The Hall–Kier alpha value is -2.24. The minimum absolute atomic E-state index is 0.417. The van der Waals surface area contributed by atoms with Crippen LogP contribution < -0.4 is 5.73 Å². The van der Waals surface area contributed by atoms with Crippen molar-refractivity contribution in [2.75, 3.05) is 0 Å². The summed E-state index contributed by atoms with van der Waals surface area (Å²) < 4.78 is 41.1. The fraction of sp³-hybridized carbons (Fsp3) is 0.522. The van der Waals surface area contributed by atoms with Gasteiger partial charge in [0.2, 0.25) is 0 Å². The summed E-state index contributed by atoms with van der Waals surface area (Å²) in [7, 11) is 0. The summed E-state index contributed by atoms with van der Waals surface area (Å²) in [5, 5.41) is 0. The van der Waals surface area contributed by atoms with Crippen LogP contribution in [0.5, 0.6) is 0 Å². The number of nitrogens with zero attached hydrogens (tertiary/aromatic N) is 1. The lowest BCUT2D eigenvalue weighted by atomic mass is 9.96. The number of benzene rings is 1. The molecule has 2 N–H and O–H groups in total. The molecule has 3 nitrogen and oxygen atoms in total. The zero-order valence-corrected chi connectivity index (χ0v) is 17.7. The minimum Gasteiger partial charge on any atom is -0.366 e. The van der Waals surface area contributed by atoms with Crippen molar-refractivity contribution in [1.82, 2.24) is 4.57 Å². The van der Waals surface area contributed by atoms with Gasteiger partial charge in [0, 0.05) is 23.5 Å². The lowest BCUT2D eigenvalue weighted by Gasteiger charge is -2.15. The molecule has 1 aromatic heterocycles. The van der Waals surface area contributed by atoms with E-state index in [9.17, 15) is 18.0 Å². The Morgan fingerprint density at radius 2 is 1.76 bits per heavy atom. The van der Waals surface area contributed by atoms with E-state index < -0.39 is 17.6 Å². The van der Waals surface area contributed by atoms with Gasteiger partial charge in [0.05, 0.1) is 11.1 Å². The first kappa shape index (κ1) is 23.0. The van der Waals surface area contributed by atoms with Gasteiger partial charge in [0.25, 0.3) is 5.91 Å². The van der Waals surface area contributed by atoms with Gasteiger partial charge in [-0.15, -0.1) is 0 Å². The standard InChI is InChI=1S/C23H31F3N2O/c1-5-6-7-8-19-21(17-9-11-18(12-10-17)23(24,25)26)20(22(27)29)16(4)28(19)14-13-15(2)3/h9-12,15H,5-8,13-14H2,1-4H3,(H2,27,29). The fourth-order valence-corrected chi connectivity index (χ4v) is 3.73. The number of amides is 1. The van der Waals surface area contributed by atoms with E-state index in [0.717, 1.165) is 62.2 Å². The molecule has 0 radical (unpaired) electrons. The smallest absolute Gasteiger partial charge is 0.366 e. The van der Waals surface area contributed by atoms with Crippen molar-refractivity contribution in [1.29, 1.82) is 0 Å². The molecule has 0 unspecified atom stereocenters. The molecule has 2 aromatic rings. The van der Waals surface area contributed by atoms with Gasteiger partial charge in [0.1, 0.15) is 0 Å². The van der Waals surface area contributed by atoms with Crippen LogP contribution in [0.4, 0.5) is 13.2 Å². The number of primary amides is 1. The Balaban J connectivity index is 2.63. The van der Waals surface area contributed by atoms with E-state index in [-0.39, 0.29) is 0 Å². The Kier molecular flexibility index (Phi) is 7.55. The first-order valence-corrected chi connectivity index (χ1v) is 10.3. The number of rotatable bonds is 9. The van der Waals surface area contributed by atoms with Crippen LogP contribution in [-0.2, 0) is 19.1 Å². The summed E-state index contributed by atoms with van der Waals surface area (Å²) in [6, 6.07) is 5.02. The third-order valence-electron chi connectivity index (χ3n) is 5.33. The van der Waals surface area contributed by atoms with Crippen LogP contribution in [0.15, 0.2) is 24.3 Å². The van der Waals surface area contributed by atoms with Crippen LogP contribution in [0.2, 0.25) is 0 Å². The molecule has 2 rings (SSSR count). The summed E-state index contributed by atoms with van der Waals surface area (Å²) in [5.41, 5.74) is 8.49. The van der Waals surface area contributed by atoms with Crippen molar-refractivity contribution in [3.05, 3.63) is 46.8 Å². The van der Waals surface area contributed by atoms with Crippen molar-refractivity contribution in [3.8, 4) is 11.1 Å². The van der Waals surface area contributed by atoms with Gasteiger partial charge in [0.15, 0.2) is 0 Å². The van der Waals surface area contributed by atoms with Crippen LogP contribution in [0.1, 0.15) is 73.8 Å². The largest absolute Gasteiger partial charge is 0.416 e. The molecule has 1 aromatic carbocycles. The van der Waals surface area contributed by atoms with Gasteiger partial charge in [-0.25, -0.2) is 0 Å². The third kappa shape index (κ3) is 5.43. The maximum Gasteiger partial charge on any atom is 0.416 e. The summed E-state index contributed by atoms with van der Waals surface area (Å²) in [4.78, 5) is 12.3. The van der Waals surface area contributed by atoms with Crippen LogP contribution in [0.25, 0.3) is 11.1 Å². The molecule has 160 valence electrons. The summed E-state index contributed by atoms with van der Waals surface area (Å²) in [6.45, 7) is 9.03. The summed E-state index contributed by atoms with van der Waals surface area (Å²) in [5.74, 6) is -0.0516. The highest BCUT2D eigenvalue weighted by molar-refractivity contribution is 6.02. The van der Waals surface area contributed by atoms with E-state index in [4.69, 9.17) is 5.73 Å². The topological polar surface area (TPSA) is 48.0 Å². The zero-order valence-electron chi connectivity index (χ0n) is 17.7. The van der Waals surface area contributed by atoms with Gasteiger partial charge in [-0.05, 0) is 49.8 Å². The van der Waals surface area contributed by atoms with E-state index >= 15 is 0 Å². The van der Waals surface area contributed by atoms with Gasteiger partial charge in [-0.2, -0.15) is 13.2 Å². The molecule has 0 aliphatic rings. The molecular formula is C23H31F3N2O. The number of halogens is 3. The van der Waals surface area contributed by atoms with Crippen LogP contribution >= 0.6 is 0 Å². The number of hydrogen-bond acceptors (Lipinski definition) is 1. The second kappa shape index (κ2) is 9.51. The maximum atomic E-state index is 13.0. The highest BCUT2D eigenvalue weighted by Crippen LogP contribution is 2.36. The fourth-order valence-electron chi connectivity index (χ4n) is 3.73. The molecule has 6 heteroatoms. The Morgan fingerprint density at radius 1 is 1.14 bits per heavy atom. The van der Waals surface area contributed by atoms with E-state index in [1.54, 1.807) is 0 Å². The number of carbonyl (C=O) groups is 1. The summed E-state index contributed by atoms with van der Waals surface area (Å²) in [6.07, 6.45) is 0.371. The SMILES string of the molecule is CCCCCc1c(-c2ccc(C(F)(F)F)cc2)c(C(N)=O)c(C)n1CCC(C)C. The highest BCUT2D eigenvalue weighted by Gasteiger charge is 2.31. The first-order chi connectivity index (χ1) is 13.6. The highest BCUT2D eigenvalue weighted by atomic mass is 19.4. The average molecular weight is 409 g/mol. The molecule has 1 amide bonds. The van der Waals surface area contributed by atoms with Crippen molar-refractivity contribution in [2.24, 2.45) is 11.7 Å². The molecule has 0 fully saturated rings. The molecule has 0 atom stereocenters. The molecule has 0 saturated carbocycles. The van der Waals surface area contributed by atoms with E-state index in [1.165, 1.54) is 12.1 Å². The molecule has 0 aliphatic heterocycles. The van der Waals surface area contributed by atoms with Crippen molar-refractivity contribution in [2.45, 2.75) is 72.5 Å². The number of unbranched alkanes of at least 4 members (excludes halogenated alkanes) is 2. The number of alkyl halides is 3. The van der Waals surface area contributed by atoms with Crippen LogP contribution in [-0.4, -0.2) is 10.5 Å². The molecule has 0 bridgehead atoms. The van der Waals surface area contributed by atoms with Crippen LogP contribution in [0.3, 0.4) is 0 Å². The number of aromatic nitrogens is 1. The molecule has 0 spiro atoms. The molecule has 0 saturated heterocycles. The van der Waals surface area contributed by atoms with E-state index in [2.05, 4.69) is 25.3 Å². The lowest BCUT2D eigenvalue weighted by Crippen LogP contribution is -2.14. The van der Waals surface area contributed by atoms with Gasteiger partial charge in [-0.1, -0.05) is 45.7 Å². The van der Waals surface area contributed by atoms with Crippen molar-refractivity contribution < 1.29 is 18.0 Å². The minimum atomic E-state index is -4.39. The molecule has 1 heterocycles. The van der Waals surface area contributed by atoms with Gasteiger partial charge >= 0.3 is 6.18 Å². The van der Waals surface area contributed by atoms with Crippen LogP contribution in [0, 0.1) is 12.8 Å². The van der Waals surface area contributed by atoms with Gasteiger partial charge in [-0.3, -0.25) is 4.79 Å². The number of hydrogen-bond donors (Lipinski definition) is 1. The summed E-state index contributed by atoms with van der Waals surface area (Å²) >= 11 is 0. The number of carbonyl (C=O) groups excluding carboxylic acids is 1. The second-order valence-corrected chi connectivity index (χ2v) is 8.01. The maximum absolute atomic E-state index is 13.0. The molecular weight excluding hydrogens is 377 g/mol. The normalized spacial score (nSPS) is 12.0. The number of nitrogens with two attached hydrogens (primary N) is 1. The van der Waals surface area contributed by atoms with E-state index in [1.807, 2.05) is 6.92 Å².